The standard InChI is InChI=1S/C17H21N/c1-13-11-14(16-7-5-6-10-18-16)8-9-15(13)12-17(2,3)4/h5-11H,12H2,1-4H3. The molecule has 0 saturated carbocycles. The van der Waals surface area contributed by atoms with E-state index in [-0.39, 0.29) is 0 Å². The number of benzene rings is 1. The van der Waals surface area contributed by atoms with Gasteiger partial charge in [-0.3, -0.25) is 4.98 Å². The summed E-state index contributed by atoms with van der Waals surface area (Å²) in [5.74, 6) is 0. The molecule has 0 radical (unpaired) electrons. The van der Waals surface area contributed by atoms with Crippen LogP contribution in [-0.2, 0) is 6.42 Å². The van der Waals surface area contributed by atoms with Crippen molar-refractivity contribution in [3.8, 4) is 11.3 Å². The second-order valence-corrected chi connectivity index (χ2v) is 6.09. The molecule has 0 fully saturated rings. The molecule has 94 valence electrons. The number of nitrogens with zero attached hydrogens (tertiary/aromatic N) is 1. The van der Waals surface area contributed by atoms with Gasteiger partial charge in [0.15, 0.2) is 0 Å². The Kier molecular flexibility index (Phi) is 3.51. The first-order chi connectivity index (χ1) is 8.46. The molecule has 2 rings (SSSR count). The predicted molar refractivity (Wildman–Crippen MR) is 77.6 cm³/mol. The van der Waals surface area contributed by atoms with Crippen LogP contribution in [0.25, 0.3) is 11.3 Å². The van der Waals surface area contributed by atoms with Crippen LogP contribution in [0.2, 0.25) is 0 Å². The molecule has 1 heteroatoms. The molecular formula is C17H21N. The van der Waals surface area contributed by atoms with Crippen LogP contribution in [0.15, 0.2) is 42.6 Å². The highest BCUT2D eigenvalue weighted by atomic mass is 14.7. The SMILES string of the molecule is Cc1cc(-c2ccccn2)ccc1CC(C)(C)C. The van der Waals surface area contributed by atoms with Crippen molar-refractivity contribution in [1.82, 2.24) is 4.98 Å². The third-order valence-corrected chi connectivity index (χ3v) is 3.02. The van der Waals surface area contributed by atoms with Gasteiger partial charge in [-0.25, -0.2) is 0 Å². The molecule has 0 aliphatic heterocycles. The summed E-state index contributed by atoms with van der Waals surface area (Å²) in [5, 5.41) is 0. The van der Waals surface area contributed by atoms with E-state index in [1.54, 1.807) is 0 Å². The zero-order valence-corrected chi connectivity index (χ0v) is 11.7. The lowest BCUT2D eigenvalue weighted by molar-refractivity contribution is 0.410. The van der Waals surface area contributed by atoms with Gasteiger partial charge >= 0.3 is 0 Å². The van der Waals surface area contributed by atoms with Crippen molar-refractivity contribution < 1.29 is 0 Å². The number of hydrogen-bond donors (Lipinski definition) is 0. The minimum Gasteiger partial charge on any atom is -0.256 e. The van der Waals surface area contributed by atoms with Crippen molar-refractivity contribution in [3.63, 3.8) is 0 Å². The Labute approximate surface area is 110 Å². The fraction of sp³-hybridized carbons (Fsp3) is 0.353. The van der Waals surface area contributed by atoms with Gasteiger partial charge in [-0.15, -0.1) is 0 Å². The van der Waals surface area contributed by atoms with E-state index in [1.807, 2.05) is 18.3 Å². The van der Waals surface area contributed by atoms with E-state index in [4.69, 9.17) is 0 Å². The lowest BCUT2D eigenvalue weighted by Gasteiger charge is -2.20. The van der Waals surface area contributed by atoms with Crippen LogP contribution in [0.4, 0.5) is 0 Å². The van der Waals surface area contributed by atoms with E-state index < -0.39 is 0 Å². The van der Waals surface area contributed by atoms with Crippen molar-refractivity contribution in [1.29, 1.82) is 0 Å². The average Bonchev–Trinajstić information content (AvgIpc) is 2.31. The van der Waals surface area contributed by atoms with Gasteiger partial charge in [0.25, 0.3) is 0 Å². The van der Waals surface area contributed by atoms with Crippen molar-refractivity contribution in [2.24, 2.45) is 5.41 Å². The molecule has 18 heavy (non-hydrogen) atoms. The first kappa shape index (κ1) is 12.8. The van der Waals surface area contributed by atoms with Gasteiger partial charge in [0.2, 0.25) is 0 Å². The fourth-order valence-corrected chi connectivity index (χ4v) is 2.16. The third-order valence-electron chi connectivity index (χ3n) is 3.02. The molecule has 0 saturated heterocycles. The number of aromatic nitrogens is 1. The van der Waals surface area contributed by atoms with Gasteiger partial charge in [0, 0.05) is 11.8 Å². The first-order valence-electron chi connectivity index (χ1n) is 6.47. The Morgan fingerprint density at radius 3 is 2.39 bits per heavy atom. The molecule has 1 heterocycles. The van der Waals surface area contributed by atoms with Crippen LogP contribution in [0, 0.1) is 12.3 Å². The second-order valence-electron chi connectivity index (χ2n) is 6.09. The van der Waals surface area contributed by atoms with Crippen LogP contribution in [-0.4, -0.2) is 4.98 Å². The van der Waals surface area contributed by atoms with Crippen molar-refractivity contribution in [2.45, 2.75) is 34.1 Å². The van der Waals surface area contributed by atoms with Gasteiger partial charge in [0.1, 0.15) is 0 Å². The molecule has 0 unspecified atom stereocenters. The molecule has 0 aliphatic carbocycles. The van der Waals surface area contributed by atoms with Crippen LogP contribution in [0.3, 0.4) is 0 Å². The number of aryl methyl sites for hydroxylation is 1. The molecule has 0 atom stereocenters. The van der Waals surface area contributed by atoms with Crippen molar-refractivity contribution in [2.75, 3.05) is 0 Å². The number of hydrogen-bond acceptors (Lipinski definition) is 1. The monoisotopic (exact) mass is 239 g/mol. The zero-order chi connectivity index (χ0) is 13.2. The fourth-order valence-electron chi connectivity index (χ4n) is 2.16. The van der Waals surface area contributed by atoms with Gasteiger partial charge in [-0.1, -0.05) is 39.0 Å². The molecule has 1 aromatic carbocycles. The normalized spacial score (nSPS) is 11.6. The zero-order valence-electron chi connectivity index (χ0n) is 11.7. The highest BCUT2D eigenvalue weighted by molar-refractivity contribution is 5.60. The molecule has 1 aromatic heterocycles. The van der Waals surface area contributed by atoms with Crippen molar-refractivity contribution >= 4 is 0 Å². The quantitative estimate of drug-likeness (QED) is 0.743. The van der Waals surface area contributed by atoms with Gasteiger partial charge in [-0.05, 0) is 48.1 Å². The molecule has 2 aromatic rings. The molecule has 0 N–H and O–H groups in total. The van der Waals surface area contributed by atoms with E-state index in [1.165, 1.54) is 16.7 Å². The second kappa shape index (κ2) is 4.93. The van der Waals surface area contributed by atoms with Crippen molar-refractivity contribution in [3.05, 3.63) is 53.7 Å². The molecule has 1 nitrogen and oxygen atoms in total. The summed E-state index contributed by atoms with van der Waals surface area (Å²) in [6.07, 6.45) is 2.95. The maximum atomic E-state index is 4.39. The summed E-state index contributed by atoms with van der Waals surface area (Å²) in [5.41, 5.74) is 5.36. The smallest absolute Gasteiger partial charge is 0.0702 e. The molecule has 0 spiro atoms. The number of rotatable bonds is 2. The molecule has 0 aliphatic rings. The van der Waals surface area contributed by atoms with Crippen LogP contribution in [0.5, 0.6) is 0 Å². The Morgan fingerprint density at radius 2 is 1.83 bits per heavy atom. The Morgan fingerprint density at radius 1 is 1.06 bits per heavy atom. The minimum absolute atomic E-state index is 0.331. The summed E-state index contributed by atoms with van der Waals surface area (Å²) < 4.78 is 0. The van der Waals surface area contributed by atoms with Gasteiger partial charge in [0.05, 0.1) is 5.69 Å². The molecule has 0 amide bonds. The largest absolute Gasteiger partial charge is 0.256 e. The summed E-state index contributed by atoms with van der Waals surface area (Å²) in [7, 11) is 0. The maximum absolute atomic E-state index is 4.39. The summed E-state index contributed by atoms with van der Waals surface area (Å²) >= 11 is 0. The average molecular weight is 239 g/mol. The summed E-state index contributed by atoms with van der Waals surface area (Å²) in [6, 6.07) is 12.7. The highest BCUT2D eigenvalue weighted by Crippen LogP contribution is 2.26. The third kappa shape index (κ3) is 3.19. The van der Waals surface area contributed by atoms with Gasteiger partial charge < -0.3 is 0 Å². The van der Waals surface area contributed by atoms with E-state index in [0.29, 0.717) is 5.41 Å². The lowest BCUT2D eigenvalue weighted by atomic mass is 9.86. The van der Waals surface area contributed by atoms with E-state index >= 15 is 0 Å². The lowest BCUT2D eigenvalue weighted by Crippen LogP contribution is -2.10. The summed E-state index contributed by atoms with van der Waals surface area (Å²) in [6.45, 7) is 9.02. The Balaban J connectivity index is 2.31. The molecule has 0 bridgehead atoms. The van der Waals surface area contributed by atoms with E-state index in [9.17, 15) is 0 Å². The van der Waals surface area contributed by atoms with E-state index in [0.717, 1.165) is 12.1 Å². The van der Waals surface area contributed by atoms with Gasteiger partial charge in [-0.2, -0.15) is 0 Å². The number of pyridine rings is 1. The maximum Gasteiger partial charge on any atom is 0.0702 e. The van der Waals surface area contributed by atoms with Crippen LogP contribution >= 0.6 is 0 Å². The van der Waals surface area contributed by atoms with E-state index in [2.05, 4.69) is 56.9 Å². The predicted octanol–water partition coefficient (Wildman–Crippen LogP) is 4.65. The minimum atomic E-state index is 0.331. The molecular weight excluding hydrogens is 218 g/mol. The van der Waals surface area contributed by atoms with Crippen LogP contribution in [0.1, 0.15) is 31.9 Å². The Bertz CT molecular complexity index is 521. The van der Waals surface area contributed by atoms with Crippen LogP contribution < -0.4 is 0 Å². The Hall–Kier alpha value is -1.63. The highest BCUT2D eigenvalue weighted by Gasteiger charge is 2.13. The summed E-state index contributed by atoms with van der Waals surface area (Å²) in [4.78, 5) is 4.39. The first-order valence-corrected chi connectivity index (χ1v) is 6.47. The topological polar surface area (TPSA) is 12.9 Å².